The SMILES string of the molecule is CCCNCc1nc(Cn2cncn2)cs1. The molecule has 1 N–H and O–H groups in total. The van der Waals surface area contributed by atoms with Crippen molar-refractivity contribution in [2.75, 3.05) is 6.54 Å². The molecule has 0 amide bonds. The molecule has 0 unspecified atom stereocenters. The zero-order valence-electron chi connectivity index (χ0n) is 9.26. The maximum Gasteiger partial charge on any atom is 0.137 e. The molecule has 2 aromatic heterocycles. The molecule has 0 aliphatic rings. The molecule has 2 aromatic rings. The van der Waals surface area contributed by atoms with E-state index in [0.717, 1.165) is 30.2 Å². The van der Waals surface area contributed by atoms with Crippen LogP contribution in [0.25, 0.3) is 0 Å². The van der Waals surface area contributed by atoms with Gasteiger partial charge in [0.1, 0.15) is 17.7 Å². The Morgan fingerprint density at radius 2 is 2.44 bits per heavy atom. The van der Waals surface area contributed by atoms with E-state index in [2.05, 4.69) is 32.7 Å². The Labute approximate surface area is 98.5 Å². The molecule has 0 saturated heterocycles. The van der Waals surface area contributed by atoms with Gasteiger partial charge in [0.15, 0.2) is 0 Å². The first-order chi connectivity index (χ1) is 7.88. The number of hydrogen-bond donors (Lipinski definition) is 1. The van der Waals surface area contributed by atoms with E-state index in [1.54, 1.807) is 22.3 Å². The average molecular weight is 237 g/mol. The average Bonchev–Trinajstić information content (AvgIpc) is 2.91. The third kappa shape index (κ3) is 3.11. The van der Waals surface area contributed by atoms with Gasteiger partial charge in [-0.05, 0) is 13.0 Å². The van der Waals surface area contributed by atoms with Crippen LogP contribution in [0.2, 0.25) is 0 Å². The summed E-state index contributed by atoms with van der Waals surface area (Å²) < 4.78 is 1.78. The highest BCUT2D eigenvalue weighted by atomic mass is 32.1. The van der Waals surface area contributed by atoms with Crippen molar-refractivity contribution in [2.45, 2.75) is 26.4 Å². The number of hydrogen-bond acceptors (Lipinski definition) is 5. The van der Waals surface area contributed by atoms with Crippen molar-refractivity contribution in [3.63, 3.8) is 0 Å². The number of rotatable bonds is 6. The fraction of sp³-hybridized carbons (Fsp3) is 0.500. The van der Waals surface area contributed by atoms with Gasteiger partial charge >= 0.3 is 0 Å². The van der Waals surface area contributed by atoms with Crippen LogP contribution >= 0.6 is 11.3 Å². The standard InChI is InChI=1S/C10H15N5S/c1-2-3-11-4-10-14-9(6-16-10)5-15-8-12-7-13-15/h6-8,11H,2-5H2,1H3. The first-order valence-electron chi connectivity index (χ1n) is 5.35. The summed E-state index contributed by atoms with van der Waals surface area (Å²) in [6.45, 7) is 4.75. The Kier molecular flexibility index (Phi) is 4.01. The van der Waals surface area contributed by atoms with Crippen LogP contribution in [-0.2, 0) is 13.1 Å². The Hall–Kier alpha value is -1.27. The largest absolute Gasteiger partial charge is 0.310 e. The smallest absolute Gasteiger partial charge is 0.137 e. The lowest BCUT2D eigenvalue weighted by molar-refractivity contribution is 0.655. The van der Waals surface area contributed by atoms with Crippen LogP contribution in [0.4, 0.5) is 0 Å². The molecule has 0 aromatic carbocycles. The minimum atomic E-state index is 0.699. The van der Waals surface area contributed by atoms with Crippen LogP contribution in [0.5, 0.6) is 0 Å². The molecule has 2 heterocycles. The van der Waals surface area contributed by atoms with Crippen LogP contribution in [0.1, 0.15) is 24.0 Å². The van der Waals surface area contributed by atoms with E-state index in [0.29, 0.717) is 6.54 Å². The Balaban J connectivity index is 1.87. The van der Waals surface area contributed by atoms with Crippen molar-refractivity contribution in [3.8, 4) is 0 Å². The maximum absolute atomic E-state index is 4.52. The summed E-state index contributed by atoms with van der Waals surface area (Å²) in [6.07, 6.45) is 4.39. The predicted molar refractivity (Wildman–Crippen MR) is 63.2 cm³/mol. The van der Waals surface area contributed by atoms with Gasteiger partial charge in [-0.2, -0.15) is 5.10 Å². The first kappa shape index (κ1) is 11.2. The van der Waals surface area contributed by atoms with Gasteiger partial charge in [-0.3, -0.25) is 0 Å². The lowest BCUT2D eigenvalue weighted by Gasteiger charge is -1.98. The van der Waals surface area contributed by atoms with Gasteiger partial charge in [0, 0.05) is 11.9 Å². The summed E-state index contributed by atoms with van der Waals surface area (Å²) in [5, 5.41) is 10.6. The second kappa shape index (κ2) is 5.72. The van der Waals surface area contributed by atoms with Crippen molar-refractivity contribution < 1.29 is 0 Å². The van der Waals surface area contributed by atoms with Gasteiger partial charge in [-0.25, -0.2) is 14.6 Å². The monoisotopic (exact) mass is 237 g/mol. The van der Waals surface area contributed by atoms with E-state index in [4.69, 9.17) is 0 Å². The molecule has 0 spiro atoms. The van der Waals surface area contributed by atoms with Gasteiger partial charge < -0.3 is 5.32 Å². The van der Waals surface area contributed by atoms with Gasteiger partial charge in [0.25, 0.3) is 0 Å². The molecule has 0 aliphatic carbocycles. The molecule has 0 saturated carbocycles. The number of thiazole rings is 1. The van der Waals surface area contributed by atoms with Crippen LogP contribution in [-0.4, -0.2) is 26.3 Å². The molecule has 0 bridgehead atoms. The molecule has 5 nitrogen and oxygen atoms in total. The molecule has 86 valence electrons. The minimum absolute atomic E-state index is 0.699. The van der Waals surface area contributed by atoms with Gasteiger partial charge in [-0.1, -0.05) is 6.92 Å². The van der Waals surface area contributed by atoms with Crippen LogP contribution in [0.3, 0.4) is 0 Å². The molecule has 2 rings (SSSR count). The van der Waals surface area contributed by atoms with Crippen molar-refractivity contribution in [2.24, 2.45) is 0 Å². The molecule has 0 radical (unpaired) electrons. The van der Waals surface area contributed by atoms with E-state index >= 15 is 0 Å². The van der Waals surface area contributed by atoms with E-state index in [-0.39, 0.29) is 0 Å². The Morgan fingerprint density at radius 1 is 1.50 bits per heavy atom. The van der Waals surface area contributed by atoms with Gasteiger partial charge in [0.2, 0.25) is 0 Å². The molecular weight excluding hydrogens is 222 g/mol. The van der Waals surface area contributed by atoms with Crippen molar-refractivity contribution in [3.05, 3.63) is 28.7 Å². The second-order valence-electron chi connectivity index (χ2n) is 3.50. The third-order valence-corrected chi connectivity index (χ3v) is 2.99. The van der Waals surface area contributed by atoms with Crippen molar-refractivity contribution >= 4 is 11.3 Å². The summed E-state index contributed by atoms with van der Waals surface area (Å²) in [5.74, 6) is 0. The van der Waals surface area contributed by atoms with Crippen LogP contribution in [0.15, 0.2) is 18.0 Å². The first-order valence-corrected chi connectivity index (χ1v) is 6.23. The maximum atomic E-state index is 4.52. The highest BCUT2D eigenvalue weighted by Gasteiger charge is 2.02. The molecular formula is C10H15N5S. The highest BCUT2D eigenvalue weighted by Crippen LogP contribution is 2.10. The van der Waals surface area contributed by atoms with Crippen molar-refractivity contribution in [1.29, 1.82) is 0 Å². The highest BCUT2D eigenvalue weighted by molar-refractivity contribution is 7.09. The number of aromatic nitrogens is 4. The van der Waals surface area contributed by atoms with E-state index in [1.165, 1.54) is 6.33 Å². The molecule has 0 fully saturated rings. The number of nitrogens with zero attached hydrogens (tertiary/aromatic N) is 4. The molecule has 16 heavy (non-hydrogen) atoms. The van der Waals surface area contributed by atoms with Gasteiger partial charge in [0.05, 0.1) is 12.2 Å². The lowest BCUT2D eigenvalue weighted by atomic mass is 10.4. The zero-order chi connectivity index (χ0) is 11.2. The summed E-state index contributed by atoms with van der Waals surface area (Å²) in [5.41, 5.74) is 1.05. The minimum Gasteiger partial charge on any atom is -0.310 e. The summed E-state index contributed by atoms with van der Waals surface area (Å²) >= 11 is 1.69. The topological polar surface area (TPSA) is 55.6 Å². The van der Waals surface area contributed by atoms with E-state index in [9.17, 15) is 0 Å². The van der Waals surface area contributed by atoms with E-state index < -0.39 is 0 Å². The summed E-state index contributed by atoms with van der Waals surface area (Å²) in [4.78, 5) is 8.43. The van der Waals surface area contributed by atoms with E-state index in [1.807, 2.05) is 0 Å². The quantitative estimate of drug-likeness (QED) is 0.769. The lowest BCUT2D eigenvalue weighted by Crippen LogP contribution is -2.13. The van der Waals surface area contributed by atoms with Crippen LogP contribution in [0, 0.1) is 0 Å². The predicted octanol–water partition coefficient (Wildman–Crippen LogP) is 1.28. The fourth-order valence-corrected chi connectivity index (χ4v) is 2.11. The normalized spacial score (nSPS) is 10.8. The molecule has 0 atom stereocenters. The summed E-state index contributed by atoms with van der Waals surface area (Å²) in [7, 11) is 0. The Morgan fingerprint density at radius 3 is 3.19 bits per heavy atom. The third-order valence-electron chi connectivity index (χ3n) is 2.09. The summed E-state index contributed by atoms with van der Waals surface area (Å²) in [6, 6.07) is 0. The van der Waals surface area contributed by atoms with Crippen molar-refractivity contribution in [1.82, 2.24) is 25.1 Å². The van der Waals surface area contributed by atoms with Gasteiger partial charge in [-0.15, -0.1) is 11.3 Å². The Bertz CT molecular complexity index is 409. The fourth-order valence-electron chi connectivity index (χ4n) is 1.36. The zero-order valence-corrected chi connectivity index (χ0v) is 10.1. The van der Waals surface area contributed by atoms with Crippen LogP contribution < -0.4 is 5.32 Å². The number of nitrogens with one attached hydrogen (secondary N) is 1. The second-order valence-corrected chi connectivity index (χ2v) is 4.45. The molecule has 6 heteroatoms. The molecule has 0 aliphatic heterocycles.